The van der Waals surface area contributed by atoms with Gasteiger partial charge in [-0.1, -0.05) is 34.8 Å². The van der Waals surface area contributed by atoms with Crippen molar-refractivity contribution in [2.45, 2.75) is 12.5 Å². The van der Waals surface area contributed by atoms with E-state index in [1.54, 1.807) is 18.5 Å². The number of hydrogen-bond donors (Lipinski definition) is 1. The highest BCUT2D eigenvalue weighted by Gasteiger charge is 2.15. The third-order valence-electron chi connectivity index (χ3n) is 2.38. The fraction of sp³-hybridized carbons (Fsp3) is 0.182. The summed E-state index contributed by atoms with van der Waals surface area (Å²) in [6, 6.07) is 3.43. The Hall–Kier alpha value is -0.320. The van der Waals surface area contributed by atoms with Crippen LogP contribution in [-0.2, 0) is 6.42 Å². The Labute approximate surface area is 118 Å². The van der Waals surface area contributed by atoms with Crippen molar-refractivity contribution < 1.29 is 0 Å². The van der Waals surface area contributed by atoms with E-state index in [-0.39, 0.29) is 6.04 Å². The van der Waals surface area contributed by atoms with Gasteiger partial charge in [0.05, 0.1) is 13.7 Å². The summed E-state index contributed by atoms with van der Waals surface area (Å²) in [5, 5.41) is 0.611. The SMILES string of the molecule is NC(Cc1ccncc1Cl)c1cc(Cl)sc1Cl. The Morgan fingerprint density at radius 2 is 2.12 bits per heavy atom. The summed E-state index contributed by atoms with van der Waals surface area (Å²) in [4.78, 5) is 3.93. The standard InChI is InChI=1S/C11H9Cl3N2S/c12-8-5-16-2-1-6(8)3-9(15)7-4-10(13)17-11(7)14/h1-2,4-5,9H,3,15H2. The predicted molar refractivity (Wildman–Crippen MR) is 74.2 cm³/mol. The molecule has 0 fully saturated rings. The van der Waals surface area contributed by atoms with Gasteiger partial charge in [-0.3, -0.25) is 4.98 Å². The lowest BCUT2D eigenvalue weighted by atomic mass is 10.0. The van der Waals surface area contributed by atoms with Gasteiger partial charge in [0, 0.05) is 24.0 Å². The maximum absolute atomic E-state index is 6.09. The van der Waals surface area contributed by atoms with Crippen molar-refractivity contribution >= 4 is 46.1 Å². The zero-order chi connectivity index (χ0) is 12.4. The molecule has 0 amide bonds. The van der Waals surface area contributed by atoms with Crippen LogP contribution in [0.5, 0.6) is 0 Å². The topological polar surface area (TPSA) is 38.9 Å². The molecule has 2 N–H and O–H groups in total. The molecule has 6 heteroatoms. The molecule has 90 valence electrons. The largest absolute Gasteiger partial charge is 0.324 e. The summed E-state index contributed by atoms with van der Waals surface area (Å²) in [5.74, 6) is 0. The first kappa shape index (κ1) is 13.1. The molecule has 0 aliphatic carbocycles. The Bertz CT molecular complexity index is 527. The molecular weight excluding hydrogens is 299 g/mol. The Balaban J connectivity index is 2.20. The quantitative estimate of drug-likeness (QED) is 0.916. The summed E-state index contributed by atoms with van der Waals surface area (Å²) in [6.45, 7) is 0. The molecule has 2 aromatic heterocycles. The van der Waals surface area contributed by atoms with Crippen LogP contribution in [0, 0.1) is 0 Å². The summed E-state index contributed by atoms with van der Waals surface area (Å²) < 4.78 is 1.27. The lowest BCUT2D eigenvalue weighted by Crippen LogP contribution is -2.13. The van der Waals surface area contributed by atoms with Gasteiger partial charge in [0.2, 0.25) is 0 Å². The molecule has 2 aromatic rings. The molecule has 0 saturated heterocycles. The van der Waals surface area contributed by atoms with Gasteiger partial charge >= 0.3 is 0 Å². The number of aromatic nitrogens is 1. The Morgan fingerprint density at radius 1 is 1.35 bits per heavy atom. The fourth-order valence-electron chi connectivity index (χ4n) is 1.52. The number of rotatable bonds is 3. The van der Waals surface area contributed by atoms with Gasteiger partial charge in [0.25, 0.3) is 0 Å². The van der Waals surface area contributed by atoms with Gasteiger partial charge in [-0.05, 0) is 24.1 Å². The van der Waals surface area contributed by atoms with E-state index in [0.29, 0.717) is 20.1 Å². The van der Waals surface area contributed by atoms with Gasteiger partial charge in [-0.15, -0.1) is 11.3 Å². The van der Waals surface area contributed by atoms with E-state index in [2.05, 4.69) is 4.98 Å². The molecule has 2 nitrogen and oxygen atoms in total. The second-order valence-corrected chi connectivity index (χ2v) is 6.25. The van der Waals surface area contributed by atoms with Crippen molar-refractivity contribution in [3.05, 3.63) is 49.3 Å². The van der Waals surface area contributed by atoms with Gasteiger partial charge in [0.1, 0.15) is 0 Å². The van der Waals surface area contributed by atoms with Crippen molar-refractivity contribution in [3.8, 4) is 0 Å². The molecule has 1 unspecified atom stereocenters. The van der Waals surface area contributed by atoms with E-state index >= 15 is 0 Å². The van der Waals surface area contributed by atoms with E-state index in [1.807, 2.05) is 6.07 Å². The smallest absolute Gasteiger partial charge is 0.0992 e. The molecule has 17 heavy (non-hydrogen) atoms. The first-order chi connectivity index (χ1) is 8.08. The first-order valence-electron chi connectivity index (χ1n) is 4.86. The molecule has 0 aliphatic heterocycles. The number of thiophene rings is 1. The monoisotopic (exact) mass is 306 g/mol. The molecule has 2 heterocycles. The van der Waals surface area contributed by atoms with Crippen molar-refractivity contribution in [2.24, 2.45) is 5.73 Å². The van der Waals surface area contributed by atoms with E-state index in [1.165, 1.54) is 11.3 Å². The van der Waals surface area contributed by atoms with Crippen LogP contribution in [0.3, 0.4) is 0 Å². The van der Waals surface area contributed by atoms with Crippen LogP contribution in [-0.4, -0.2) is 4.98 Å². The Morgan fingerprint density at radius 3 is 2.71 bits per heavy atom. The highest BCUT2D eigenvalue weighted by molar-refractivity contribution is 7.20. The zero-order valence-corrected chi connectivity index (χ0v) is 11.7. The van der Waals surface area contributed by atoms with Crippen LogP contribution in [0.2, 0.25) is 13.7 Å². The van der Waals surface area contributed by atoms with Crippen LogP contribution in [0.25, 0.3) is 0 Å². The van der Waals surface area contributed by atoms with Crippen molar-refractivity contribution in [2.75, 3.05) is 0 Å². The van der Waals surface area contributed by atoms with E-state index in [4.69, 9.17) is 40.5 Å². The number of nitrogens with two attached hydrogens (primary N) is 1. The maximum Gasteiger partial charge on any atom is 0.0992 e. The lowest BCUT2D eigenvalue weighted by Gasteiger charge is -2.11. The third-order valence-corrected chi connectivity index (χ3v) is 4.24. The van der Waals surface area contributed by atoms with Crippen LogP contribution in [0.4, 0.5) is 0 Å². The molecule has 2 rings (SSSR count). The summed E-state index contributed by atoms with van der Waals surface area (Å²) in [6.07, 6.45) is 3.90. The average Bonchev–Trinajstić information content (AvgIpc) is 2.61. The summed E-state index contributed by atoms with van der Waals surface area (Å²) in [7, 11) is 0. The van der Waals surface area contributed by atoms with Crippen LogP contribution < -0.4 is 5.73 Å². The highest BCUT2D eigenvalue weighted by atomic mass is 35.5. The number of halogens is 3. The molecule has 0 spiro atoms. The fourth-order valence-corrected chi connectivity index (χ4v) is 3.32. The highest BCUT2D eigenvalue weighted by Crippen LogP contribution is 2.35. The van der Waals surface area contributed by atoms with E-state index < -0.39 is 0 Å². The normalized spacial score (nSPS) is 12.7. The minimum atomic E-state index is -0.217. The Kier molecular flexibility index (Phi) is 4.28. The second kappa shape index (κ2) is 5.55. The maximum atomic E-state index is 6.09. The molecular formula is C11H9Cl3N2S. The molecule has 0 bridgehead atoms. The number of nitrogens with zero attached hydrogens (tertiary/aromatic N) is 1. The van der Waals surface area contributed by atoms with E-state index in [9.17, 15) is 0 Å². The van der Waals surface area contributed by atoms with Gasteiger partial charge in [0.15, 0.2) is 0 Å². The van der Waals surface area contributed by atoms with E-state index in [0.717, 1.165) is 11.1 Å². The second-order valence-electron chi connectivity index (χ2n) is 3.56. The average molecular weight is 308 g/mol. The molecule has 0 saturated carbocycles. The van der Waals surface area contributed by atoms with Crippen molar-refractivity contribution in [1.82, 2.24) is 4.98 Å². The van der Waals surface area contributed by atoms with Gasteiger partial charge < -0.3 is 5.73 Å². The van der Waals surface area contributed by atoms with Crippen LogP contribution in [0.15, 0.2) is 24.5 Å². The lowest BCUT2D eigenvalue weighted by molar-refractivity contribution is 0.724. The van der Waals surface area contributed by atoms with Crippen LogP contribution >= 0.6 is 46.1 Å². The minimum Gasteiger partial charge on any atom is -0.324 e. The number of hydrogen-bond acceptors (Lipinski definition) is 3. The van der Waals surface area contributed by atoms with Gasteiger partial charge in [-0.2, -0.15) is 0 Å². The molecule has 0 radical (unpaired) electrons. The molecule has 0 aliphatic rings. The predicted octanol–water partition coefficient (Wildman–Crippen LogP) is 4.35. The first-order valence-corrected chi connectivity index (χ1v) is 6.81. The third kappa shape index (κ3) is 3.12. The molecule has 0 aromatic carbocycles. The van der Waals surface area contributed by atoms with Gasteiger partial charge in [-0.25, -0.2) is 0 Å². The van der Waals surface area contributed by atoms with Crippen molar-refractivity contribution in [3.63, 3.8) is 0 Å². The summed E-state index contributed by atoms with van der Waals surface area (Å²) >= 11 is 19.3. The van der Waals surface area contributed by atoms with Crippen LogP contribution in [0.1, 0.15) is 17.2 Å². The van der Waals surface area contributed by atoms with Crippen molar-refractivity contribution in [1.29, 1.82) is 0 Å². The minimum absolute atomic E-state index is 0.217. The molecule has 1 atom stereocenters. The zero-order valence-electron chi connectivity index (χ0n) is 8.66. The summed E-state index contributed by atoms with van der Waals surface area (Å²) in [5.41, 5.74) is 7.90. The number of pyridine rings is 1.